The van der Waals surface area contributed by atoms with E-state index in [2.05, 4.69) is 9.72 Å². The number of nitrogens with one attached hydrogen (secondary N) is 1. The van der Waals surface area contributed by atoms with Crippen LogP contribution < -0.4 is 5.73 Å². The molecule has 0 fully saturated rings. The second-order valence-corrected chi connectivity index (χ2v) is 4.54. The van der Waals surface area contributed by atoms with Crippen LogP contribution in [0.3, 0.4) is 0 Å². The van der Waals surface area contributed by atoms with Gasteiger partial charge in [0.1, 0.15) is 12.1 Å². The van der Waals surface area contributed by atoms with Crippen molar-refractivity contribution in [1.82, 2.24) is 4.98 Å². The van der Waals surface area contributed by atoms with Crippen molar-refractivity contribution in [1.29, 1.82) is 5.26 Å². The summed E-state index contributed by atoms with van der Waals surface area (Å²) in [6, 6.07) is 4.66. The van der Waals surface area contributed by atoms with Crippen molar-refractivity contribution in [3.8, 4) is 6.07 Å². The molecular weight excluding hydrogens is 266 g/mol. The summed E-state index contributed by atoms with van der Waals surface area (Å²) in [7, 11) is 1.30. The summed E-state index contributed by atoms with van der Waals surface area (Å²) in [5.74, 6) is -0.469. The van der Waals surface area contributed by atoms with Gasteiger partial charge in [0.2, 0.25) is 0 Å². The third-order valence-electron chi connectivity index (χ3n) is 2.92. The number of nitrogens with two attached hydrogens (primary N) is 1. The molecule has 1 heterocycles. The van der Waals surface area contributed by atoms with Gasteiger partial charge in [-0.3, -0.25) is 4.79 Å². The number of hydrogen-bond donors (Lipinski definition) is 2. The van der Waals surface area contributed by atoms with E-state index in [0.717, 1.165) is 16.5 Å². The number of halogens is 1. The minimum atomic E-state index is -0.731. The maximum atomic E-state index is 11.3. The van der Waals surface area contributed by atoms with E-state index in [-0.39, 0.29) is 0 Å². The van der Waals surface area contributed by atoms with Gasteiger partial charge in [-0.25, -0.2) is 0 Å². The van der Waals surface area contributed by atoms with Crippen LogP contribution in [-0.4, -0.2) is 24.1 Å². The Balaban J connectivity index is 2.40. The minimum Gasteiger partial charge on any atom is -0.468 e. The second-order valence-electron chi connectivity index (χ2n) is 4.14. The number of nitriles is 1. The van der Waals surface area contributed by atoms with E-state index in [4.69, 9.17) is 22.6 Å². The summed E-state index contributed by atoms with van der Waals surface area (Å²) in [6.07, 6.45) is 2.09. The fourth-order valence-electron chi connectivity index (χ4n) is 1.93. The monoisotopic (exact) mass is 277 g/mol. The fourth-order valence-corrected chi connectivity index (χ4v) is 2.13. The molecule has 0 aliphatic rings. The van der Waals surface area contributed by atoms with Crippen LogP contribution >= 0.6 is 11.6 Å². The van der Waals surface area contributed by atoms with Crippen molar-refractivity contribution in [2.75, 3.05) is 7.11 Å². The fraction of sp³-hybridized carbons (Fsp3) is 0.231. The highest BCUT2D eigenvalue weighted by molar-refractivity contribution is 6.32. The SMILES string of the molecule is COC(=O)C(N)Cc1c[nH]c2cc(Cl)c(C#N)cc12. The standard InChI is InChI=1S/C13H12ClN3O2/c1-19-13(18)11(16)3-8-6-17-12-4-10(14)7(5-15)2-9(8)12/h2,4,6,11,17H,3,16H2,1H3. The Morgan fingerprint density at radius 2 is 2.37 bits per heavy atom. The molecule has 19 heavy (non-hydrogen) atoms. The first kappa shape index (κ1) is 13.4. The lowest BCUT2D eigenvalue weighted by Gasteiger charge is -2.08. The van der Waals surface area contributed by atoms with Gasteiger partial charge in [0.25, 0.3) is 0 Å². The number of esters is 1. The summed E-state index contributed by atoms with van der Waals surface area (Å²) >= 11 is 5.95. The number of nitrogens with zero attached hydrogens (tertiary/aromatic N) is 1. The number of ether oxygens (including phenoxy) is 1. The number of aromatic amines is 1. The smallest absolute Gasteiger partial charge is 0.322 e. The van der Waals surface area contributed by atoms with Crippen LogP contribution in [0, 0.1) is 11.3 Å². The summed E-state index contributed by atoms with van der Waals surface area (Å²) in [6.45, 7) is 0. The molecular formula is C13H12ClN3O2. The topological polar surface area (TPSA) is 91.9 Å². The molecule has 1 aromatic heterocycles. The van der Waals surface area contributed by atoms with E-state index in [9.17, 15) is 4.79 Å². The zero-order valence-corrected chi connectivity index (χ0v) is 11.0. The molecule has 0 bridgehead atoms. The predicted octanol–water partition coefficient (Wildman–Crippen LogP) is 1.74. The molecule has 0 amide bonds. The average Bonchev–Trinajstić information content (AvgIpc) is 2.78. The summed E-state index contributed by atoms with van der Waals surface area (Å²) in [5.41, 5.74) is 7.77. The number of hydrogen-bond acceptors (Lipinski definition) is 4. The van der Waals surface area contributed by atoms with E-state index in [1.165, 1.54) is 7.11 Å². The van der Waals surface area contributed by atoms with E-state index in [0.29, 0.717) is 17.0 Å². The first-order valence-electron chi connectivity index (χ1n) is 5.59. The van der Waals surface area contributed by atoms with E-state index in [1.54, 1.807) is 18.3 Å². The number of benzene rings is 1. The van der Waals surface area contributed by atoms with Crippen LogP contribution in [0.5, 0.6) is 0 Å². The highest BCUT2D eigenvalue weighted by Gasteiger charge is 2.17. The molecule has 2 rings (SSSR count). The molecule has 1 unspecified atom stereocenters. The number of fused-ring (bicyclic) bond motifs is 1. The lowest BCUT2D eigenvalue weighted by atomic mass is 10.0. The summed E-state index contributed by atoms with van der Waals surface area (Å²) in [4.78, 5) is 14.4. The number of aromatic nitrogens is 1. The van der Waals surface area contributed by atoms with Crippen molar-refractivity contribution < 1.29 is 9.53 Å². The van der Waals surface area contributed by atoms with Gasteiger partial charge in [0, 0.05) is 23.5 Å². The van der Waals surface area contributed by atoms with Gasteiger partial charge in [0.15, 0.2) is 0 Å². The normalized spacial score (nSPS) is 12.1. The van der Waals surface area contributed by atoms with Gasteiger partial charge in [-0.1, -0.05) is 11.6 Å². The van der Waals surface area contributed by atoms with Crippen LogP contribution in [0.4, 0.5) is 0 Å². The van der Waals surface area contributed by atoms with Crippen molar-refractivity contribution in [2.24, 2.45) is 5.73 Å². The molecule has 0 aliphatic heterocycles. The Labute approximate surface area is 114 Å². The van der Waals surface area contributed by atoms with Gasteiger partial charge in [-0.15, -0.1) is 0 Å². The molecule has 1 atom stereocenters. The zero-order chi connectivity index (χ0) is 14.0. The molecule has 3 N–H and O–H groups in total. The quantitative estimate of drug-likeness (QED) is 0.836. The lowest BCUT2D eigenvalue weighted by molar-refractivity contribution is -0.142. The number of rotatable bonds is 3. The zero-order valence-electron chi connectivity index (χ0n) is 10.2. The summed E-state index contributed by atoms with van der Waals surface area (Å²) < 4.78 is 4.59. The molecule has 2 aromatic rings. The number of methoxy groups -OCH3 is 1. The molecule has 0 saturated heterocycles. The number of H-pyrrole nitrogens is 1. The van der Waals surface area contributed by atoms with Crippen LogP contribution in [0.2, 0.25) is 5.02 Å². The highest BCUT2D eigenvalue weighted by atomic mass is 35.5. The Morgan fingerprint density at radius 3 is 3.00 bits per heavy atom. The number of carbonyl (C=O) groups excluding carboxylic acids is 1. The first-order chi connectivity index (χ1) is 9.06. The Kier molecular flexibility index (Phi) is 3.74. The maximum absolute atomic E-state index is 11.3. The average molecular weight is 278 g/mol. The molecule has 0 radical (unpaired) electrons. The van der Waals surface area contributed by atoms with Crippen LogP contribution in [0.15, 0.2) is 18.3 Å². The molecule has 0 saturated carbocycles. The van der Waals surface area contributed by atoms with Crippen molar-refractivity contribution in [3.05, 3.63) is 34.5 Å². The van der Waals surface area contributed by atoms with Crippen molar-refractivity contribution in [2.45, 2.75) is 12.5 Å². The van der Waals surface area contributed by atoms with Gasteiger partial charge in [-0.2, -0.15) is 5.26 Å². The van der Waals surface area contributed by atoms with Crippen LogP contribution in [-0.2, 0) is 16.0 Å². The van der Waals surface area contributed by atoms with Crippen molar-refractivity contribution in [3.63, 3.8) is 0 Å². The van der Waals surface area contributed by atoms with Crippen LogP contribution in [0.25, 0.3) is 10.9 Å². The predicted molar refractivity (Wildman–Crippen MR) is 71.7 cm³/mol. The van der Waals surface area contributed by atoms with E-state index in [1.807, 2.05) is 6.07 Å². The number of carbonyl (C=O) groups is 1. The molecule has 5 nitrogen and oxygen atoms in total. The Morgan fingerprint density at radius 1 is 1.63 bits per heavy atom. The van der Waals surface area contributed by atoms with Gasteiger partial charge < -0.3 is 15.5 Å². The highest BCUT2D eigenvalue weighted by Crippen LogP contribution is 2.26. The summed E-state index contributed by atoms with van der Waals surface area (Å²) in [5, 5.41) is 10.2. The molecule has 1 aromatic carbocycles. The molecule has 0 aliphatic carbocycles. The largest absolute Gasteiger partial charge is 0.468 e. The van der Waals surface area contributed by atoms with E-state index >= 15 is 0 Å². The molecule has 6 heteroatoms. The second kappa shape index (κ2) is 5.31. The maximum Gasteiger partial charge on any atom is 0.322 e. The van der Waals surface area contributed by atoms with Crippen molar-refractivity contribution >= 4 is 28.5 Å². The third-order valence-corrected chi connectivity index (χ3v) is 3.23. The van der Waals surface area contributed by atoms with Crippen LogP contribution in [0.1, 0.15) is 11.1 Å². The molecule has 0 spiro atoms. The van der Waals surface area contributed by atoms with E-state index < -0.39 is 12.0 Å². The van der Waals surface area contributed by atoms with Gasteiger partial charge >= 0.3 is 5.97 Å². The van der Waals surface area contributed by atoms with Gasteiger partial charge in [0.05, 0.1) is 17.7 Å². The first-order valence-corrected chi connectivity index (χ1v) is 5.97. The third kappa shape index (κ3) is 2.55. The minimum absolute atomic E-state index is 0.333. The van der Waals surface area contributed by atoms with Gasteiger partial charge in [-0.05, 0) is 17.7 Å². The Bertz CT molecular complexity index is 672. The lowest BCUT2D eigenvalue weighted by Crippen LogP contribution is -2.33. The molecule has 98 valence electrons. The Hall–Kier alpha value is -2.03.